The number of rotatable bonds is 3. The Morgan fingerprint density at radius 3 is 2.04 bits per heavy atom. The molecule has 2 aromatic rings. The first-order valence-corrected chi connectivity index (χ1v) is 8.75. The zero-order chi connectivity index (χ0) is 17.6. The SMILES string of the molecule is CC(C)Nc1cccc2c1C(=O)c1cccc(S(=O)(=O)O)c1C2=O.[H-].[Na+]. The molecule has 0 aromatic heterocycles. The van der Waals surface area contributed by atoms with Gasteiger partial charge in [-0.1, -0.05) is 24.3 Å². The van der Waals surface area contributed by atoms with E-state index >= 15 is 0 Å². The van der Waals surface area contributed by atoms with Crippen LogP contribution in [0.4, 0.5) is 5.69 Å². The van der Waals surface area contributed by atoms with E-state index in [9.17, 15) is 22.6 Å². The fourth-order valence-corrected chi connectivity index (χ4v) is 3.57. The first kappa shape index (κ1) is 19.8. The summed E-state index contributed by atoms with van der Waals surface area (Å²) >= 11 is 0. The molecule has 0 unspecified atom stereocenters. The third-order valence-corrected chi connectivity index (χ3v) is 4.65. The minimum atomic E-state index is -4.62. The van der Waals surface area contributed by atoms with E-state index < -0.39 is 26.6 Å². The van der Waals surface area contributed by atoms with Gasteiger partial charge in [0.05, 0.1) is 11.1 Å². The number of ketones is 2. The molecule has 3 rings (SSSR count). The van der Waals surface area contributed by atoms with Gasteiger partial charge in [0.1, 0.15) is 4.90 Å². The fraction of sp³-hybridized carbons (Fsp3) is 0.176. The topological polar surface area (TPSA) is 101 Å². The molecule has 6 nitrogen and oxygen atoms in total. The summed E-state index contributed by atoms with van der Waals surface area (Å²) < 4.78 is 32.5. The monoisotopic (exact) mass is 369 g/mol. The van der Waals surface area contributed by atoms with Gasteiger partial charge < -0.3 is 6.74 Å². The van der Waals surface area contributed by atoms with Crippen molar-refractivity contribution in [3.63, 3.8) is 0 Å². The van der Waals surface area contributed by atoms with Gasteiger partial charge in [-0.25, -0.2) is 0 Å². The predicted octanol–water partition coefficient (Wildman–Crippen LogP) is -0.354. The second kappa shape index (κ2) is 7.01. The Morgan fingerprint density at radius 1 is 0.960 bits per heavy atom. The summed E-state index contributed by atoms with van der Waals surface area (Å²) in [5.41, 5.74) is 0.550. The van der Waals surface area contributed by atoms with Gasteiger partial charge in [-0.15, -0.1) is 0 Å². The molecule has 1 aliphatic rings. The number of hydrogen-bond donors (Lipinski definition) is 2. The standard InChI is InChI=1S/C17H15NO5S.Na.H/c1-9(2)18-12-7-3-5-10-14(12)16(19)11-6-4-8-13(24(21,22)23)15(11)17(10)20;;/h3-9,18H,1-2H3,(H,21,22,23);;/q;+1;-1. The number of carbonyl (C=O) groups is 2. The summed E-state index contributed by atoms with van der Waals surface area (Å²) in [5.74, 6) is -1.05. The second-order valence-corrected chi connectivity index (χ2v) is 7.23. The van der Waals surface area contributed by atoms with Gasteiger partial charge in [0.2, 0.25) is 0 Å². The van der Waals surface area contributed by atoms with Crippen molar-refractivity contribution in [3.8, 4) is 0 Å². The Labute approximate surface area is 169 Å². The first-order valence-electron chi connectivity index (χ1n) is 7.31. The average Bonchev–Trinajstić information content (AvgIpc) is 2.50. The third kappa shape index (κ3) is 3.43. The third-order valence-electron chi connectivity index (χ3n) is 3.76. The molecule has 0 amide bonds. The van der Waals surface area contributed by atoms with Crippen LogP contribution in [0.5, 0.6) is 0 Å². The van der Waals surface area contributed by atoms with Crippen molar-refractivity contribution in [2.75, 3.05) is 5.32 Å². The normalized spacial score (nSPS) is 13.1. The van der Waals surface area contributed by atoms with Crippen LogP contribution in [0.2, 0.25) is 0 Å². The molecule has 0 heterocycles. The second-order valence-electron chi connectivity index (χ2n) is 5.84. The van der Waals surface area contributed by atoms with Crippen molar-refractivity contribution in [1.82, 2.24) is 0 Å². The van der Waals surface area contributed by atoms with Crippen LogP contribution in [-0.2, 0) is 10.1 Å². The number of nitrogens with one attached hydrogen (secondary N) is 1. The van der Waals surface area contributed by atoms with Gasteiger partial charge in [0.25, 0.3) is 10.1 Å². The van der Waals surface area contributed by atoms with Gasteiger partial charge in [-0.05, 0) is 26.0 Å². The van der Waals surface area contributed by atoms with Crippen molar-refractivity contribution in [3.05, 3.63) is 58.7 Å². The van der Waals surface area contributed by atoms with E-state index in [1.807, 2.05) is 13.8 Å². The molecule has 0 fully saturated rings. The molecule has 1 aliphatic carbocycles. The molecule has 0 saturated heterocycles. The summed E-state index contributed by atoms with van der Waals surface area (Å²) in [7, 11) is -4.62. The Bertz CT molecular complexity index is 989. The summed E-state index contributed by atoms with van der Waals surface area (Å²) in [4.78, 5) is 25.1. The average molecular weight is 369 g/mol. The minimum Gasteiger partial charge on any atom is -1.00 e. The van der Waals surface area contributed by atoms with E-state index in [2.05, 4.69) is 5.32 Å². The Morgan fingerprint density at radius 2 is 1.48 bits per heavy atom. The summed E-state index contributed by atoms with van der Waals surface area (Å²) in [6.07, 6.45) is 0. The maximum atomic E-state index is 12.9. The number of hydrogen-bond acceptors (Lipinski definition) is 5. The molecular weight excluding hydrogens is 353 g/mol. The zero-order valence-electron chi connectivity index (χ0n) is 15.0. The van der Waals surface area contributed by atoms with E-state index in [-0.39, 0.29) is 59.3 Å². The van der Waals surface area contributed by atoms with Crippen LogP contribution >= 0.6 is 0 Å². The number of carbonyl (C=O) groups excluding carboxylic acids is 2. The van der Waals surface area contributed by atoms with E-state index in [4.69, 9.17) is 0 Å². The zero-order valence-corrected chi connectivity index (χ0v) is 16.8. The van der Waals surface area contributed by atoms with Crippen molar-refractivity contribution >= 4 is 27.4 Å². The molecule has 126 valence electrons. The minimum absolute atomic E-state index is 0. The van der Waals surface area contributed by atoms with Crippen molar-refractivity contribution in [2.45, 2.75) is 24.8 Å². The van der Waals surface area contributed by atoms with Gasteiger partial charge in [0.15, 0.2) is 11.6 Å². The van der Waals surface area contributed by atoms with Gasteiger partial charge in [-0.3, -0.25) is 14.1 Å². The number of fused-ring (bicyclic) bond motifs is 2. The smallest absolute Gasteiger partial charge is 1.00 e. The number of benzene rings is 2. The fourth-order valence-electron chi connectivity index (χ4n) is 2.86. The van der Waals surface area contributed by atoms with Crippen LogP contribution in [-0.4, -0.2) is 30.6 Å². The van der Waals surface area contributed by atoms with Crippen LogP contribution < -0.4 is 34.9 Å². The Hall–Kier alpha value is -1.51. The van der Waals surface area contributed by atoms with E-state index in [1.54, 1.807) is 12.1 Å². The van der Waals surface area contributed by atoms with Gasteiger partial charge in [-0.2, -0.15) is 8.42 Å². The molecule has 0 bridgehead atoms. The first-order chi connectivity index (χ1) is 11.2. The molecule has 0 aliphatic heterocycles. The van der Waals surface area contributed by atoms with E-state index in [1.165, 1.54) is 18.2 Å². The quantitative estimate of drug-likeness (QED) is 0.483. The summed E-state index contributed by atoms with van der Waals surface area (Å²) in [6, 6.07) is 8.67. The Kier molecular flexibility index (Phi) is 5.56. The van der Waals surface area contributed by atoms with Crippen LogP contribution in [0, 0.1) is 0 Å². The van der Waals surface area contributed by atoms with Crippen molar-refractivity contribution < 1.29 is 53.5 Å². The molecule has 2 aromatic carbocycles. The molecule has 0 saturated carbocycles. The number of anilines is 1. The summed E-state index contributed by atoms with van der Waals surface area (Å²) in [6.45, 7) is 3.80. The molecule has 0 spiro atoms. The van der Waals surface area contributed by atoms with E-state index in [0.717, 1.165) is 6.07 Å². The maximum absolute atomic E-state index is 12.9. The molecular formula is C17H16NNaO5S. The van der Waals surface area contributed by atoms with Gasteiger partial charge >= 0.3 is 29.6 Å². The molecule has 0 atom stereocenters. The van der Waals surface area contributed by atoms with Crippen molar-refractivity contribution in [2.24, 2.45) is 0 Å². The maximum Gasteiger partial charge on any atom is 1.00 e. The van der Waals surface area contributed by atoms with Crippen LogP contribution in [0.15, 0.2) is 41.3 Å². The van der Waals surface area contributed by atoms with Crippen LogP contribution in [0.25, 0.3) is 0 Å². The molecule has 2 N–H and O–H groups in total. The van der Waals surface area contributed by atoms with Crippen molar-refractivity contribution in [1.29, 1.82) is 0 Å². The summed E-state index contributed by atoms with van der Waals surface area (Å²) in [5, 5.41) is 3.12. The molecule has 0 radical (unpaired) electrons. The van der Waals surface area contributed by atoms with Gasteiger partial charge in [0, 0.05) is 22.9 Å². The molecule has 8 heteroatoms. The van der Waals surface area contributed by atoms with E-state index in [0.29, 0.717) is 5.69 Å². The predicted molar refractivity (Wildman–Crippen MR) is 89.4 cm³/mol. The molecule has 25 heavy (non-hydrogen) atoms. The van der Waals surface area contributed by atoms with Crippen LogP contribution in [0.3, 0.4) is 0 Å². The Balaban J connectivity index is 0.00000169. The largest absolute Gasteiger partial charge is 1.00 e. The van der Waals surface area contributed by atoms with Crippen LogP contribution in [0.1, 0.15) is 47.1 Å².